The molecule has 16 heavy (non-hydrogen) atoms. The predicted molar refractivity (Wildman–Crippen MR) is 68.8 cm³/mol. The molecule has 0 spiro atoms. The van der Waals surface area contributed by atoms with E-state index in [2.05, 4.69) is 12.2 Å². The van der Waals surface area contributed by atoms with Gasteiger partial charge in [0.05, 0.1) is 6.61 Å². The summed E-state index contributed by atoms with van der Waals surface area (Å²) < 4.78 is 5.06. The van der Waals surface area contributed by atoms with Gasteiger partial charge in [0.15, 0.2) is 0 Å². The lowest BCUT2D eigenvalue weighted by molar-refractivity contribution is -0.145. The van der Waals surface area contributed by atoms with Gasteiger partial charge in [-0.15, -0.1) is 0 Å². The van der Waals surface area contributed by atoms with Gasteiger partial charge in [-0.05, 0) is 31.9 Å². The number of nitrogens with one attached hydrogen (secondary N) is 1. The second-order valence-corrected chi connectivity index (χ2v) is 5.54. The van der Waals surface area contributed by atoms with Crippen LogP contribution in [0.25, 0.3) is 0 Å². The second-order valence-electron chi connectivity index (χ2n) is 4.14. The van der Waals surface area contributed by atoms with E-state index in [1.807, 2.05) is 18.7 Å². The van der Waals surface area contributed by atoms with Gasteiger partial charge in [0.2, 0.25) is 0 Å². The average molecular weight is 245 g/mol. The van der Waals surface area contributed by atoms with Crippen molar-refractivity contribution < 1.29 is 9.53 Å². The highest BCUT2D eigenvalue weighted by atomic mass is 32.2. The smallest absolute Gasteiger partial charge is 0.323 e. The third-order valence-electron chi connectivity index (χ3n) is 2.76. The first kappa shape index (κ1) is 13.8. The molecule has 0 saturated carbocycles. The Labute approximate surface area is 103 Å². The number of hydrogen-bond donors (Lipinski definition) is 1. The summed E-state index contributed by atoms with van der Waals surface area (Å²) in [5.74, 6) is 1.18. The molecule has 1 fully saturated rings. The first-order valence-corrected chi connectivity index (χ1v) is 7.34. The van der Waals surface area contributed by atoms with Crippen LogP contribution >= 0.6 is 11.8 Å². The van der Waals surface area contributed by atoms with Crippen LogP contribution in [0.3, 0.4) is 0 Å². The van der Waals surface area contributed by atoms with E-state index in [0.29, 0.717) is 11.9 Å². The lowest BCUT2D eigenvalue weighted by Crippen LogP contribution is -2.40. The molecule has 0 aromatic heterocycles. The molecule has 1 heterocycles. The highest BCUT2D eigenvalue weighted by Gasteiger charge is 2.21. The Hall–Kier alpha value is -0.220. The summed E-state index contributed by atoms with van der Waals surface area (Å²) in [6, 6.07) is -0.105. The Morgan fingerprint density at radius 2 is 2.38 bits per heavy atom. The maximum atomic E-state index is 11.6. The third-order valence-corrected chi connectivity index (χ3v) is 4.16. The minimum Gasteiger partial charge on any atom is -0.465 e. The normalized spacial score (nSPS) is 22.0. The van der Waals surface area contributed by atoms with Gasteiger partial charge in [-0.2, -0.15) is 11.8 Å². The summed E-state index contributed by atoms with van der Waals surface area (Å²) >= 11 is 2.01. The second kappa shape index (κ2) is 7.96. The number of rotatable bonds is 7. The van der Waals surface area contributed by atoms with E-state index in [9.17, 15) is 4.79 Å². The number of thioether (sulfide) groups is 1. The molecule has 2 atom stereocenters. The number of ether oxygens (including phenoxy) is 1. The first-order chi connectivity index (χ1) is 7.77. The van der Waals surface area contributed by atoms with Crippen LogP contribution in [0.2, 0.25) is 0 Å². The number of carbonyl (C=O) groups excluding carboxylic acids is 1. The van der Waals surface area contributed by atoms with Crippen molar-refractivity contribution in [1.29, 1.82) is 0 Å². The fourth-order valence-electron chi connectivity index (χ4n) is 1.91. The standard InChI is InChI=1S/C12H23NO2S/c1-3-6-11(12(14)15-4-2)13-9-10-7-5-8-16-10/h10-11,13H,3-9H2,1-2H3. The quantitative estimate of drug-likeness (QED) is 0.698. The molecule has 1 rings (SSSR count). The monoisotopic (exact) mass is 245 g/mol. The largest absolute Gasteiger partial charge is 0.465 e. The summed E-state index contributed by atoms with van der Waals surface area (Å²) in [4.78, 5) is 11.6. The zero-order valence-electron chi connectivity index (χ0n) is 10.3. The van der Waals surface area contributed by atoms with Crippen LogP contribution in [0, 0.1) is 0 Å². The van der Waals surface area contributed by atoms with Crippen LogP contribution in [0.4, 0.5) is 0 Å². The molecule has 1 saturated heterocycles. The molecule has 0 radical (unpaired) electrons. The average Bonchev–Trinajstić information content (AvgIpc) is 2.77. The van der Waals surface area contributed by atoms with Crippen molar-refractivity contribution >= 4 is 17.7 Å². The summed E-state index contributed by atoms with van der Waals surface area (Å²) in [6.45, 7) is 5.36. The Bertz CT molecular complexity index is 205. The fourth-order valence-corrected chi connectivity index (χ4v) is 3.13. The van der Waals surface area contributed by atoms with Crippen molar-refractivity contribution in [2.45, 2.75) is 50.8 Å². The SMILES string of the molecule is CCCC(NCC1CCCS1)C(=O)OCC. The molecule has 0 aliphatic carbocycles. The van der Waals surface area contributed by atoms with Gasteiger partial charge in [-0.3, -0.25) is 4.79 Å². The zero-order chi connectivity index (χ0) is 11.8. The molecule has 0 bridgehead atoms. The molecule has 1 aliphatic heterocycles. The summed E-state index contributed by atoms with van der Waals surface area (Å²) in [5, 5.41) is 4.04. The molecular weight excluding hydrogens is 222 g/mol. The van der Waals surface area contributed by atoms with Crippen LogP contribution < -0.4 is 5.32 Å². The molecule has 94 valence electrons. The highest BCUT2D eigenvalue weighted by molar-refractivity contribution is 8.00. The maximum absolute atomic E-state index is 11.6. The van der Waals surface area contributed by atoms with Crippen LogP contribution in [-0.2, 0) is 9.53 Å². The van der Waals surface area contributed by atoms with E-state index in [0.717, 1.165) is 19.4 Å². The van der Waals surface area contributed by atoms with Gasteiger partial charge in [-0.1, -0.05) is 13.3 Å². The molecule has 0 amide bonds. The van der Waals surface area contributed by atoms with Crippen LogP contribution in [-0.4, -0.2) is 36.2 Å². The molecule has 2 unspecified atom stereocenters. The zero-order valence-corrected chi connectivity index (χ0v) is 11.1. The third kappa shape index (κ3) is 4.74. The van der Waals surface area contributed by atoms with Crippen molar-refractivity contribution in [3.8, 4) is 0 Å². The minimum atomic E-state index is -0.105. The first-order valence-electron chi connectivity index (χ1n) is 6.29. The molecule has 1 N–H and O–H groups in total. The number of hydrogen-bond acceptors (Lipinski definition) is 4. The van der Waals surface area contributed by atoms with E-state index in [-0.39, 0.29) is 12.0 Å². The Kier molecular flexibility index (Phi) is 6.88. The van der Waals surface area contributed by atoms with Crippen LogP contribution in [0.5, 0.6) is 0 Å². The van der Waals surface area contributed by atoms with E-state index < -0.39 is 0 Å². The van der Waals surface area contributed by atoms with E-state index in [1.165, 1.54) is 18.6 Å². The van der Waals surface area contributed by atoms with Crippen LogP contribution in [0.15, 0.2) is 0 Å². The van der Waals surface area contributed by atoms with E-state index in [4.69, 9.17) is 4.74 Å². The Morgan fingerprint density at radius 1 is 1.56 bits per heavy atom. The Morgan fingerprint density at radius 3 is 2.94 bits per heavy atom. The number of carbonyl (C=O) groups is 1. The van der Waals surface area contributed by atoms with Gasteiger partial charge >= 0.3 is 5.97 Å². The van der Waals surface area contributed by atoms with Crippen LogP contribution in [0.1, 0.15) is 39.5 Å². The summed E-state index contributed by atoms with van der Waals surface area (Å²) in [7, 11) is 0. The van der Waals surface area contributed by atoms with Gasteiger partial charge < -0.3 is 10.1 Å². The Balaban J connectivity index is 2.28. The predicted octanol–water partition coefficient (Wildman–Crippen LogP) is 2.20. The van der Waals surface area contributed by atoms with Gasteiger partial charge in [0, 0.05) is 11.8 Å². The van der Waals surface area contributed by atoms with Crippen molar-refractivity contribution in [3.63, 3.8) is 0 Å². The van der Waals surface area contributed by atoms with Gasteiger partial charge in [0.25, 0.3) is 0 Å². The van der Waals surface area contributed by atoms with Crippen molar-refractivity contribution in [2.24, 2.45) is 0 Å². The topological polar surface area (TPSA) is 38.3 Å². The lowest BCUT2D eigenvalue weighted by Gasteiger charge is -2.18. The molecule has 4 heteroatoms. The molecule has 0 aromatic carbocycles. The summed E-state index contributed by atoms with van der Waals surface area (Å²) in [6.07, 6.45) is 4.47. The number of esters is 1. The molecular formula is C12H23NO2S. The lowest BCUT2D eigenvalue weighted by atomic mass is 10.1. The van der Waals surface area contributed by atoms with Gasteiger partial charge in [0.1, 0.15) is 6.04 Å². The molecule has 0 aromatic rings. The van der Waals surface area contributed by atoms with Crippen molar-refractivity contribution in [3.05, 3.63) is 0 Å². The van der Waals surface area contributed by atoms with Gasteiger partial charge in [-0.25, -0.2) is 0 Å². The van der Waals surface area contributed by atoms with E-state index >= 15 is 0 Å². The maximum Gasteiger partial charge on any atom is 0.323 e. The molecule has 1 aliphatic rings. The summed E-state index contributed by atoms with van der Waals surface area (Å²) in [5.41, 5.74) is 0. The minimum absolute atomic E-state index is 0.0904. The van der Waals surface area contributed by atoms with Crippen molar-refractivity contribution in [2.75, 3.05) is 18.9 Å². The fraction of sp³-hybridized carbons (Fsp3) is 0.917. The van der Waals surface area contributed by atoms with Crippen molar-refractivity contribution in [1.82, 2.24) is 5.32 Å². The van der Waals surface area contributed by atoms with E-state index in [1.54, 1.807) is 0 Å². The highest BCUT2D eigenvalue weighted by Crippen LogP contribution is 2.25. The molecule has 3 nitrogen and oxygen atoms in total.